The van der Waals surface area contributed by atoms with E-state index in [0.717, 1.165) is 6.42 Å². The van der Waals surface area contributed by atoms with E-state index in [4.69, 9.17) is 4.74 Å². The van der Waals surface area contributed by atoms with Crippen LogP contribution in [0.3, 0.4) is 0 Å². The molecular formula is C16H23N4O4+. The highest BCUT2D eigenvalue weighted by atomic mass is 16.5. The van der Waals surface area contributed by atoms with E-state index in [9.17, 15) is 14.4 Å². The molecule has 2 N–H and O–H groups in total. The van der Waals surface area contributed by atoms with Crippen molar-refractivity contribution in [3.8, 4) is 0 Å². The van der Waals surface area contributed by atoms with Crippen molar-refractivity contribution >= 4 is 17.8 Å². The predicted molar refractivity (Wildman–Crippen MR) is 84.5 cm³/mol. The third-order valence-electron chi connectivity index (χ3n) is 3.81. The second kappa shape index (κ2) is 8.39. The molecule has 0 aliphatic carbocycles. The van der Waals surface area contributed by atoms with Gasteiger partial charge >= 0.3 is 5.97 Å². The minimum absolute atomic E-state index is 0.0661. The molecule has 0 radical (unpaired) electrons. The maximum absolute atomic E-state index is 12.5. The Hall–Kier alpha value is -2.48. The molecule has 1 unspecified atom stereocenters. The van der Waals surface area contributed by atoms with Gasteiger partial charge in [-0.15, -0.1) is 0 Å². The first-order valence-corrected chi connectivity index (χ1v) is 7.99. The maximum Gasteiger partial charge on any atom is 0.328 e. The Morgan fingerprint density at radius 1 is 1.42 bits per heavy atom. The number of hydrogen-bond donors (Lipinski definition) is 2. The predicted octanol–water partition coefficient (Wildman–Crippen LogP) is -0.608. The molecule has 0 aromatic carbocycles. The molecule has 1 atom stereocenters. The largest absolute Gasteiger partial charge is 0.464 e. The minimum Gasteiger partial charge on any atom is -0.464 e. The number of carbonyl (C=O) groups is 3. The van der Waals surface area contributed by atoms with Crippen LogP contribution in [0.25, 0.3) is 0 Å². The van der Waals surface area contributed by atoms with E-state index in [0.29, 0.717) is 25.1 Å². The van der Waals surface area contributed by atoms with Crippen molar-refractivity contribution in [3.05, 3.63) is 30.1 Å². The van der Waals surface area contributed by atoms with Crippen LogP contribution in [0.15, 0.2) is 24.5 Å². The molecule has 130 valence electrons. The SMILES string of the molecule is CCOC(=O)C1CCCN1C(=O)C[n+]1cccc(C(=O)NNC)c1. The Morgan fingerprint density at radius 3 is 2.92 bits per heavy atom. The Bertz CT molecular complexity index is 620. The fourth-order valence-electron chi connectivity index (χ4n) is 2.74. The number of ether oxygens (including phenoxy) is 1. The van der Waals surface area contributed by atoms with Crippen LogP contribution in [-0.4, -0.2) is 48.9 Å². The molecule has 2 rings (SSSR count). The molecular weight excluding hydrogens is 312 g/mol. The molecule has 1 aliphatic rings. The lowest BCUT2D eigenvalue weighted by atomic mass is 10.2. The summed E-state index contributed by atoms with van der Waals surface area (Å²) in [5.74, 6) is -0.804. The first-order chi connectivity index (χ1) is 11.6. The van der Waals surface area contributed by atoms with Gasteiger partial charge in [0.05, 0.1) is 6.61 Å². The maximum atomic E-state index is 12.5. The van der Waals surface area contributed by atoms with Crippen LogP contribution in [0, 0.1) is 0 Å². The summed E-state index contributed by atoms with van der Waals surface area (Å²) >= 11 is 0. The lowest BCUT2D eigenvalue weighted by Crippen LogP contribution is -2.49. The molecule has 1 aromatic rings. The Labute approximate surface area is 140 Å². The molecule has 2 amide bonds. The summed E-state index contributed by atoms with van der Waals surface area (Å²) in [6.07, 6.45) is 4.72. The average molecular weight is 335 g/mol. The number of nitrogens with one attached hydrogen (secondary N) is 2. The fourth-order valence-corrected chi connectivity index (χ4v) is 2.74. The van der Waals surface area contributed by atoms with Gasteiger partial charge in [-0.25, -0.2) is 10.2 Å². The highest BCUT2D eigenvalue weighted by molar-refractivity contribution is 5.93. The van der Waals surface area contributed by atoms with Crippen molar-refractivity contribution in [2.75, 3.05) is 20.2 Å². The molecule has 8 heteroatoms. The van der Waals surface area contributed by atoms with Gasteiger partial charge in [0, 0.05) is 19.7 Å². The van der Waals surface area contributed by atoms with Gasteiger partial charge in [0.2, 0.25) is 6.54 Å². The Kier molecular flexibility index (Phi) is 6.25. The summed E-state index contributed by atoms with van der Waals surface area (Å²) in [6, 6.07) is 2.85. The average Bonchev–Trinajstić information content (AvgIpc) is 3.05. The van der Waals surface area contributed by atoms with Gasteiger partial charge in [-0.3, -0.25) is 15.0 Å². The van der Waals surface area contributed by atoms with Gasteiger partial charge in [-0.1, -0.05) is 0 Å². The number of hydrazine groups is 1. The number of esters is 1. The zero-order valence-electron chi connectivity index (χ0n) is 13.9. The van der Waals surface area contributed by atoms with E-state index in [1.54, 1.807) is 48.0 Å². The van der Waals surface area contributed by atoms with Crippen LogP contribution in [0.1, 0.15) is 30.1 Å². The molecule has 24 heavy (non-hydrogen) atoms. The van der Waals surface area contributed by atoms with Crippen molar-refractivity contribution in [2.24, 2.45) is 0 Å². The number of likely N-dealkylation sites (tertiary alicyclic amines) is 1. The quantitative estimate of drug-likeness (QED) is 0.411. The molecule has 1 fully saturated rings. The standard InChI is InChI=1S/C16H22N4O4/c1-3-24-16(23)13-7-5-9-20(13)14(21)11-19-8-4-6-12(10-19)15(22)18-17-2/h4,6,8,10,13,17H,3,5,7,9,11H2,1-2H3/p+1. The van der Waals surface area contributed by atoms with Gasteiger partial charge in [0.1, 0.15) is 11.6 Å². The van der Waals surface area contributed by atoms with Crippen LogP contribution >= 0.6 is 0 Å². The van der Waals surface area contributed by atoms with E-state index in [1.165, 1.54) is 0 Å². The zero-order chi connectivity index (χ0) is 17.5. The minimum atomic E-state index is -0.506. The summed E-state index contributed by atoms with van der Waals surface area (Å²) in [4.78, 5) is 37.8. The lowest BCUT2D eigenvalue weighted by molar-refractivity contribution is -0.685. The van der Waals surface area contributed by atoms with E-state index in [1.807, 2.05) is 0 Å². The molecule has 1 aliphatic heterocycles. The number of carbonyl (C=O) groups excluding carboxylic acids is 3. The van der Waals surface area contributed by atoms with Gasteiger partial charge < -0.3 is 9.64 Å². The van der Waals surface area contributed by atoms with Crippen molar-refractivity contribution in [3.63, 3.8) is 0 Å². The number of hydrogen-bond acceptors (Lipinski definition) is 5. The van der Waals surface area contributed by atoms with E-state index < -0.39 is 6.04 Å². The van der Waals surface area contributed by atoms with Crippen LogP contribution in [0.5, 0.6) is 0 Å². The van der Waals surface area contributed by atoms with Crippen molar-refractivity contribution in [1.82, 2.24) is 15.8 Å². The fraction of sp³-hybridized carbons (Fsp3) is 0.500. The van der Waals surface area contributed by atoms with Crippen molar-refractivity contribution in [2.45, 2.75) is 32.4 Å². The van der Waals surface area contributed by atoms with Gasteiger partial charge in [0.25, 0.3) is 11.8 Å². The zero-order valence-corrected chi connectivity index (χ0v) is 13.9. The summed E-state index contributed by atoms with van der Waals surface area (Å²) in [6.45, 7) is 2.66. The Morgan fingerprint density at radius 2 is 2.21 bits per heavy atom. The molecule has 2 heterocycles. The first-order valence-electron chi connectivity index (χ1n) is 7.99. The topological polar surface area (TPSA) is 91.6 Å². The summed E-state index contributed by atoms with van der Waals surface area (Å²) < 4.78 is 6.67. The van der Waals surface area contributed by atoms with Gasteiger partial charge in [-0.2, -0.15) is 4.57 Å². The van der Waals surface area contributed by atoms with Crippen LogP contribution < -0.4 is 15.4 Å². The molecule has 8 nitrogen and oxygen atoms in total. The Balaban J connectivity index is 2.05. The normalized spacial score (nSPS) is 16.8. The highest BCUT2D eigenvalue weighted by Crippen LogP contribution is 2.18. The monoisotopic (exact) mass is 335 g/mol. The number of aromatic nitrogens is 1. The number of rotatable bonds is 6. The number of nitrogens with zero attached hydrogens (tertiary/aromatic N) is 2. The summed E-state index contributed by atoms with van der Waals surface area (Å²) in [5, 5.41) is 0. The van der Waals surface area contributed by atoms with Gasteiger partial charge in [-0.05, 0) is 25.8 Å². The number of amides is 2. The van der Waals surface area contributed by atoms with E-state index in [2.05, 4.69) is 10.9 Å². The molecule has 1 saturated heterocycles. The lowest BCUT2D eigenvalue weighted by Gasteiger charge is -2.21. The van der Waals surface area contributed by atoms with Crippen LogP contribution in [-0.2, 0) is 20.9 Å². The van der Waals surface area contributed by atoms with E-state index in [-0.39, 0.29) is 24.3 Å². The molecule has 1 aromatic heterocycles. The first kappa shape index (κ1) is 17.9. The van der Waals surface area contributed by atoms with Crippen molar-refractivity contribution in [1.29, 1.82) is 0 Å². The third-order valence-corrected chi connectivity index (χ3v) is 3.81. The van der Waals surface area contributed by atoms with Crippen molar-refractivity contribution < 1.29 is 23.7 Å². The van der Waals surface area contributed by atoms with Gasteiger partial charge in [0.15, 0.2) is 12.4 Å². The molecule has 0 spiro atoms. The highest BCUT2D eigenvalue weighted by Gasteiger charge is 2.36. The number of pyridine rings is 1. The molecule has 0 bridgehead atoms. The smallest absolute Gasteiger partial charge is 0.328 e. The van der Waals surface area contributed by atoms with E-state index >= 15 is 0 Å². The summed E-state index contributed by atoms with van der Waals surface area (Å²) in [7, 11) is 1.60. The molecule has 0 saturated carbocycles. The van der Waals surface area contributed by atoms with Crippen LogP contribution in [0.2, 0.25) is 0 Å². The third kappa shape index (κ3) is 4.29. The second-order valence-corrected chi connectivity index (χ2v) is 5.47. The second-order valence-electron chi connectivity index (χ2n) is 5.47. The summed E-state index contributed by atoms with van der Waals surface area (Å²) in [5.41, 5.74) is 5.47. The van der Waals surface area contributed by atoms with Crippen LogP contribution in [0.4, 0.5) is 0 Å².